The molecule has 1 aliphatic rings. The number of rotatable bonds is 5. The molecule has 1 unspecified atom stereocenters. The lowest BCUT2D eigenvalue weighted by atomic mass is 10.2. The van der Waals surface area contributed by atoms with Gasteiger partial charge in [0.2, 0.25) is 10.0 Å². The standard InChI is InChI=1S/C10H20N2O4S/c1-2-16-10(13)8-17(14,15)12-9-5-3-4-6-11-7-9/h9,11-12H,2-8H2,1H3. The van der Waals surface area contributed by atoms with Gasteiger partial charge in [0.1, 0.15) is 0 Å². The van der Waals surface area contributed by atoms with E-state index in [0.29, 0.717) is 6.54 Å². The van der Waals surface area contributed by atoms with Crippen molar-refractivity contribution in [2.24, 2.45) is 0 Å². The third kappa shape index (κ3) is 5.99. The lowest BCUT2D eigenvalue weighted by Gasteiger charge is -2.15. The Morgan fingerprint density at radius 3 is 2.94 bits per heavy atom. The number of esters is 1. The molecule has 0 aromatic carbocycles. The van der Waals surface area contributed by atoms with E-state index in [0.717, 1.165) is 25.8 Å². The van der Waals surface area contributed by atoms with Crippen LogP contribution in [0.5, 0.6) is 0 Å². The number of hydrogen-bond acceptors (Lipinski definition) is 5. The maximum atomic E-state index is 11.7. The molecular formula is C10H20N2O4S. The Bertz CT molecular complexity index is 334. The van der Waals surface area contributed by atoms with Crippen LogP contribution >= 0.6 is 0 Å². The number of sulfonamides is 1. The van der Waals surface area contributed by atoms with E-state index in [1.54, 1.807) is 6.92 Å². The highest BCUT2D eigenvalue weighted by atomic mass is 32.2. The molecular weight excluding hydrogens is 244 g/mol. The summed E-state index contributed by atoms with van der Waals surface area (Å²) < 4.78 is 30.5. The molecule has 1 heterocycles. The predicted molar refractivity (Wildman–Crippen MR) is 64.1 cm³/mol. The van der Waals surface area contributed by atoms with Gasteiger partial charge >= 0.3 is 5.97 Å². The van der Waals surface area contributed by atoms with Gasteiger partial charge in [0.05, 0.1) is 6.61 Å². The summed E-state index contributed by atoms with van der Waals surface area (Å²) >= 11 is 0. The molecule has 17 heavy (non-hydrogen) atoms. The number of carbonyl (C=O) groups excluding carboxylic acids is 1. The molecule has 1 saturated heterocycles. The molecule has 6 nitrogen and oxygen atoms in total. The molecule has 0 bridgehead atoms. The molecule has 7 heteroatoms. The molecule has 0 saturated carbocycles. The molecule has 2 N–H and O–H groups in total. The summed E-state index contributed by atoms with van der Waals surface area (Å²) in [5, 5.41) is 3.16. The molecule has 0 aromatic rings. The first-order valence-corrected chi connectivity index (χ1v) is 7.55. The Labute approximate surface area is 102 Å². The Balaban J connectivity index is 2.44. The summed E-state index contributed by atoms with van der Waals surface area (Å²) in [4.78, 5) is 11.1. The van der Waals surface area contributed by atoms with Crippen LogP contribution in [0.25, 0.3) is 0 Å². The summed E-state index contributed by atoms with van der Waals surface area (Å²) in [5.41, 5.74) is 0. The average molecular weight is 264 g/mol. The molecule has 1 fully saturated rings. The minimum atomic E-state index is -3.58. The van der Waals surface area contributed by atoms with Crippen molar-refractivity contribution in [3.05, 3.63) is 0 Å². The maximum absolute atomic E-state index is 11.7. The topological polar surface area (TPSA) is 84.5 Å². The number of nitrogens with one attached hydrogen (secondary N) is 2. The van der Waals surface area contributed by atoms with Crippen LogP contribution in [0, 0.1) is 0 Å². The van der Waals surface area contributed by atoms with Crippen molar-refractivity contribution in [2.75, 3.05) is 25.4 Å². The molecule has 0 aliphatic carbocycles. The first-order valence-electron chi connectivity index (χ1n) is 5.90. The second-order valence-electron chi connectivity index (χ2n) is 4.08. The third-order valence-electron chi connectivity index (χ3n) is 2.51. The zero-order chi connectivity index (χ0) is 12.7. The fraction of sp³-hybridized carbons (Fsp3) is 0.900. The molecule has 0 spiro atoms. The van der Waals surface area contributed by atoms with Gasteiger partial charge in [0.25, 0.3) is 0 Å². The maximum Gasteiger partial charge on any atom is 0.322 e. The molecule has 1 aliphatic heterocycles. The fourth-order valence-corrected chi connectivity index (χ4v) is 2.96. The summed E-state index contributed by atoms with van der Waals surface area (Å²) in [6.07, 6.45) is 2.84. The van der Waals surface area contributed by atoms with Gasteiger partial charge < -0.3 is 10.1 Å². The van der Waals surface area contributed by atoms with Crippen molar-refractivity contribution in [1.82, 2.24) is 10.0 Å². The van der Waals surface area contributed by atoms with Gasteiger partial charge in [-0.15, -0.1) is 0 Å². The van der Waals surface area contributed by atoms with Gasteiger partial charge in [0, 0.05) is 12.6 Å². The smallest absolute Gasteiger partial charge is 0.322 e. The van der Waals surface area contributed by atoms with E-state index in [-0.39, 0.29) is 12.6 Å². The quantitative estimate of drug-likeness (QED) is 0.661. The lowest BCUT2D eigenvalue weighted by Crippen LogP contribution is -2.43. The summed E-state index contributed by atoms with van der Waals surface area (Å²) in [7, 11) is -3.58. The van der Waals surface area contributed by atoms with Crippen LogP contribution in [-0.4, -0.2) is 45.9 Å². The van der Waals surface area contributed by atoms with E-state index in [4.69, 9.17) is 0 Å². The van der Waals surface area contributed by atoms with Gasteiger partial charge in [0.15, 0.2) is 5.75 Å². The number of carbonyl (C=O) groups is 1. The highest BCUT2D eigenvalue weighted by Gasteiger charge is 2.22. The highest BCUT2D eigenvalue weighted by Crippen LogP contribution is 2.05. The van der Waals surface area contributed by atoms with Crippen molar-refractivity contribution in [3.63, 3.8) is 0 Å². The predicted octanol–water partition coefficient (Wildman–Crippen LogP) is -0.389. The zero-order valence-corrected chi connectivity index (χ0v) is 10.9. The normalized spacial score (nSPS) is 21.8. The van der Waals surface area contributed by atoms with Crippen molar-refractivity contribution < 1.29 is 17.9 Å². The van der Waals surface area contributed by atoms with Crippen molar-refractivity contribution in [3.8, 4) is 0 Å². The zero-order valence-electron chi connectivity index (χ0n) is 10.1. The number of hydrogen-bond donors (Lipinski definition) is 2. The summed E-state index contributed by atoms with van der Waals surface area (Å²) in [6.45, 7) is 3.37. The van der Waals surface area contributed by atoms with Crippen LogP contribution in [0.3, 0.4) is 0 Å². The summed E-state index contributed by atoms with van der Waals surface area (Å²) in [5.74, 6) is -1.31. The Kier molecular flexibility index (Phi) is 5.87. The SMILES string of the molecule is CCOC(=O)CS(=O)(=O)NC1CCCCNC1. The van der Waals surface area contributed by atoms with E-state index >= 15 is 0 Å². The van der Waals surface area contributed by atoms with Crippen LogP contribution in [-0.2, 0) is 19.6 Å². The van der Waals surface area contributed by atoms with Crippen molar-refractivity contribution in [1.29, 1.82) is 0 Å². The molecule has 0 radical (unpaired) electrons. The van der Waals surface area contributed by atoms with E-state index < -0.39 is 21.7 Å². The third-order valence-corrected chi connectivity index (χ3v) is 3.81. The first-order chi connectivity index (χ1) is 8.03. The Hall–Kier alpha value is -0.660. The van der Waals surface area contributed by atoms with Gasteiger partial charge in [-0.25, -0.2) is 13.1 Å². The van der Waals surface area contributed by atoms with E-state index in [1.807, 2.05) is 0 Å². The van der Waals surface area contributed by atoms with E-state index in [9.17, 15) is 13.2 Å². The van der Waals surface area contributed by atoms with Gasteiger partial charge in [-0.1, -0.05) is 6.42 Å². The minimum absolute atomic E-state index is 0.128. The molecule has 1 rings (SSSR count). The first kappa shape index (κ1) is 14.4. The number of ether oxygens (including phenoxy) is 1. The molecule has 0 aromatic heterocycles. The van der Waals surface area contributed by atoms with Gasteiger partial charge in [-0.05, 0) is 26.3 Å². The lowest BCUT2D eigenvalue weighted by molar-refractivity contribution is -0.139. The minimum Gasteiger partial charge on any atom is -0.465 e. The largest absolute Gasteiger partial charge is 0.465 e. The highest BCUT2D eigenvalue weighted by molar-refractivity contribution is 7.90. The summed E-state index contributed by atoms with van der Waals surface area (Å²) in [6, 6.07) is -0.128. The van der Waals surface area contributed by atoms with Crippen LogP contribution in [0.1, 0.15) is 26.2 Å². The van der Waals surface area contributed by atoms with Gasteiger partial charge in [-0.2, -0.15) is 0 Å². The van der Waals surface area contributed by atoms with Crippen molar-refractivity contribution >= 4 is 16.0 Å². The van der Waals surface area contributed by atoms with E-state index in [1.165, 1.54) is 0 Å². The molecule has 1 atom stereocenters. The molecule has 100 valence electrons. The second-order valence-corrected chi connectivity index (χ2v) is 5.83. The average Bonchev–Trinajstić information content (AvgIpc) is 2.44. The Morgan fingerprint density at radius 1 is 1.47 bits per heavy atom. The second kappa shape index (κ2) is 6.93. The van der Waals surface area contributed by atoms with Crippen LogP contribution in [0.15, 0.2) is 0 Å². The monoisotopic (exact) mass is 264 g/mol. The van der Waals surface area contributed by atoms with Crippen LogP contribution in [0.2, 0.25) is 0 Å². The molecule has 0 amide bonds. The fourth-order valence-electron chi connectivity index (χ4n) is 1.77. The van der Waals surface area contributed by atoms with Crippen molar-refractivity contribution in [2.45, 2.75) is 32.2 Å². The Morgan fingerprint density at radius 2 is 2.24 bits per heavy atom. The van der Waals surface area contributed by atoms with E-state index in [2.05, 4.69) is 14.8 Å². The van der Waals surface area contributed by atoms with Crippen LogP contribution in [0.4, 0.5) is 0 Å². The van der Waals surface area contributed by atoms with Gasteiger partial charge in [-0.3, -0.25) is 4.79 Å². The van der Waals surface area contributed by atoms with Crippen LogP contribution < -0.4 is 10.0 Å².